The summed E-state index contributed by atoms with van der Waals surface area (Å²) in [5, 5.41) is 22.6. The third-order valence-corrected chi connectivity index (χ3v) is 4.73. The minimum atomic E-state index is -1.11. The van der Waals surface area contributed by atoms with Crippen LogP contribution in [0.3, 0.4) is 0 Å². The quantitative estimate of drug-likeness (QED) is 0.420. The molecule has 0 aliphatic carbocycles. The van der Waals surface area contributed by atoms with Crippen molar-refractivity contribution in [2.24, 2.45) is 5.92 Å². The van der Waals surface area contributed by atoms with Crippen molar-refractivity contribution in [1.29, 1.82) is 0 Å². The van der Waals surface area contributed by atoms with Gasteiger partial charge in [-0.25, -0.2) is 0 Å². The molecule has 0 saturated carbocycles. The van der Waals surface area contributed by atoms with Gasteiger partial charge in [0.2, 0.25) is 11.8 Å². The molecule has 0 bridgehead atoms. The van der Waals surface area contributed by atoms with E-state index < -0.39 is 16.9 Å². The Labute approximate surface area is 166 Å². The number of nitrogens with one attached hydrogen (secondary N) is 1. The van der Waals surface area contributed by atoms with E-state index in [1.807, 2.05) is 0 Å². The van der Waals surface area contributed by atoms with Gasteiger partial charge >= 0.3 is 5.97 Å². The molecule has 1 fully saturated rings. The number of carboxylic acids is 1. The molecule has 1 aliphatic heterocycles. The number of carboxylic acid groups (broad SMARTS) is 1. The fraction of sp³-hybridized carbons (Fsp3) is 0.389. The van der Waals surface area contributed by atoms with Gasteiger partial charge in [0, 0.05) is 36.2 Å². The highest BCUT2D eigenvalue weighted by atomic mass is 35.5. The molecule has 1 unspecified atom stereocenters. The second-order valence-electron chi connectivity index (χ2n) is 6.46. The lowest BCUT2D eigenvalue weighted by atomic mass is 9.95. The van der Waals surface area contributed by atoms with Gasteiger partial charge in [-0.15, -0.1) is 0 Å². The number of nitro groups is 1. The summed E-state index contributed by atoms with van der Waals surface area (Å²) >= 11 is 5.86. The van der Waals surface area contributed by atoms with Crippen molar-refractivity contribution >= 4 is 41.1 Å². The van der Waals surface area contributed by atoms with Gasteiger partial charge in [-0.3, -0.25) is 24.5 Å². The van der Waals surface area contributed by atoms with Crippen LogP contribution in [0.5, 0.6) is 0 Å². The zero-order valence-corrected chi connectivity index (χ0v) is 15.9. The molecule has 9 nitrogen and oxygen atoms in total. The van der Waals surface area contributed by atoms with Gasteiger partial charge < -0.3 is 15.3 Å². The summed E-state index contributed by atoms with van der Waals surface area (Å²) in [5.74, 6) is -2.14. The number of nitrogens with zero attached hydrogens (tertiary/aromatic N) is 2. The van der Waals surface area contributed by atoms with Crippen LogP contribution in [0.4, 0.5) is 5.69 Å². The highest BCUT2D eigenvalue weighted by Gasteiger charge is 2.28. The Balaban J connectivity index is 1.95. The van der Waals surface area contributed by atoms with Crippen molar-refractivity contribution in [1.82, 2.24) is 10.2 Å². The lowest BCUT2D eigenvalue weighted by Gasteiger charge is -2.31. The zero-order chi connectivity index (χ0) is 20.8. The molecule has 28 heavy (non-hydrogen) atoms. The van der Waals surface area contributed by atoms with Crippen LogP contribution >= 0.6 is 11.6 Å². The third kappa shape index (κ3) is 5.53. The van der Waals surface area contributed by atoms with Crippen molar-refractivity contribution in [3.63, 3.8) is 0 Å². The summed E-state index contributed by atoms with van der Waals surface area (Å²) in [6.07, 6.45) is 3.41. The lowest BCUT2D eigenvalue weighted by molar-refractivity contribution is -0.385. The summed E-state index contributed by atoms with van der Waals surface area (Å²) in [7, 11) is 0. The Kier molecular flexibility index (Phi) is 7.11. The van der Waals surface area contributed by atoms with Crippen molar-refractivity contribution in [3.8, 4) is 0 Å². The maximum Gasteiger partial charge on any atom is 0.325 e. The minimum absolute atomic E-state index is 0.156. The van der Waals surface area contributed by atoms with E-state index in [2.05, 4.69) is 5.32 Å². The van der Waals surface area contributed by atoms with Crippen molar-refractivity contribution in [3.05, 3.63) is 45.0 Å². The van der Waals surface area contributed by atoms with E-state index in [4.69, 9.17) is 16.7 Å². The molecule has 0 spiro atoms. The van der Waals surface area contributed by atoms with Gasteiger partial charge in [-0.05, 0) is 38.0 Å². The fourth-order valence-corrected chi connectivity index (χ4v) is 3.03. The minimum Gasteiger partial charge on any atom is -0.480 e. The smallest absolute Gasteiger partial charge is 0.325 e. The Morgan fingerprint density at radius 2 is 2.00 bits per heavy atom. The second-order valence-corrected chi connectivity index (χ2v) is 6.90. The molecule has 1 saturated heterocycles. The lowest BCUT2D eigenvalue weighted by Crippen LogP contribution is -2.46. The first-order valence-corrected chi connectivity index (χ1v) is 9.01. The number of piperidine rings is 1. The maximum atomic E-state index is 12.3. The number of carbonyl (C=O) groups excluding carboxylic acids is 2. The zero-order valence-electron chi connectivity index (χ0n) is 15.1. The second kappa shape index (κ2) is 9.32. The van der Waals surface area contributed by atoms with Gasteiger partial charge in [0.25, 0.3) is 5.69 Å². The van der Waals surface area contributed by atoms with Crippen LogP contribution in [-0.2, 0) is 14.4 Å². The maximum absolute atomic E-state index is 12.3. The number of hydrogen-bond acceptors (Lipinski definition) is 5. The monoisotopic (exact) mass is 409 g/mol. The Hall–Kier alpha value is -2.94. The number of amides is 2. The molecule has 1 aliphatic rings. The molecule has 0 aromatic heterocycles. The van der Waals surface area contributed by atoms with Crippen LogP contribution in [0.1, 0.15) is 25.3 Å². The van der Waals surface area contributed by atoms with Gasteiger partial charge in [0.1, 0.15) is 6.04 Å². The van der Waals surface area contributed by atoms with E-state index in [1.165, 1.54) is 42.2 Å². The molecule has 2 amide bonds. The number of hydrogen-bond donors (Lipinski definition) is 2. The van der Waals surface area contributed by atoms with Crippen molar-refractivity contribution in [2.45, 2.75) is 25.8 Å². The van der Waals surface area contributed by atoms with Crippen LogP contribution in [0.2, 0.25) is 5.02 Å². The van der Waals surface area contributed by atoms with Crippen LogP contribution in [0.25, 0.3) is 6.08 Å². The number of halogens is 1. The Morgan fingerprint density at radius 1 is 1.36 bits per heavy atom. The summed E-state index contributed by atoms with van der Waals surface area (Å²) in [6.45, 7) is 2.05. The van der Waals surface area contributed by atoms with Gasteiger partial charge in [0.15, 0.2) is 0 Å². The molecule has 10 heteroatoms. The van der Waals surface area contributed by atoms with Crippen molar-refractivity contribution in [2.75, 3.05) is 13.1 Å². The molecule has 1 aromatic carbocycles. The Bertz CT molecular complexity index is 818. The van der Waals surface area contributed by atoms with Gasteiger partial charge in [-0.1, -0.05) is 11.6 Å². The average molecular weight is 410 g/mol. The molecular formula is C18H20ClN3O6. The number of likely N-dealkylation sites (tertiary alicyclic amines) is 1. The number of nitro benzene ring substituents is 1. The van der Waals surface area contributed by atoms with Crippen LogP contribution in [0, 0.1) is 16.0 Å². The van der Waals surface area contributed by atoms with E-state index >= 15 is 0 Å². The summed E-state index contributed by atoms with van der Waals surface area (Å²) < 4.78 is 0. The molecule has 0 radical (unpaired) electrons. The standard InChI is InChI=1S/C18H20ClN3O6/c1-11(18(25)26)20-17(24)12-6-8-21(9-7-12)16(23)5-2-13-10-14(19)3-4-15(13)22(27)28/h2-5,10-12H,6-9H2,1H3,(H,20,24)(H,25,26). The molecular weight excluding hydrogens is 390 g/mol. The molecule has 1 heterocycles. The normalized spacial score (nSPS) is 16.0. The summed E-state index contributed by atoms with van der Waals surface area (Å²) in [5.41, 5.74) is 0.0687. The molecule has 2 N–H and O–H groups in total. The third-order valence-electron chi connectivity index (χ3n) is 4.50. The Morgan fingerprint density at radius 3 is 2.57 bits per heavy atom. The van der Waals surface area contributed by atoms with Crippen molar-refractivity contribution < 1.29 is 24.4 Å². The predicted octanol–water partition coefficient (Wildman–Crippen LogP) is 2.09. The highest BCUT2D eigenvalue weighted by molar-refractivity contribution is 6.30. The fourth-order valence-electron chi connectivity index (χ4n) is 2.85. The van der Waals surface area contributed by atoms with Crippen LogP contribution in [-0.4, -0.2) is 51.8 Å². The van der Waals surface area contributed by atoms with E-state index in [1.54, 1.807) is 0 Å². The first kappa shape index (κ1) is 21.4. The molecule has 1 aromatic rings. The van der Waals surface area contributed by atoms with E-state index in [0.717, 1.165) is 0 Å². The van der Waals surface area contributed by atoms with Gasteiger partial charge in [-0.2, -0.15) is 0 Å². The van der Waals surface area contributed by atoms with Crippen LogP contribution in [0.15, 0.2) is 24.3 Å². The number of aliphatic carboxylic acids is 1. The van der Waals surface area contributed by atoms with E-state index in [9.17, 15) is 24.5 Å². The first-order valence-electron chi connectivity index (χ1n) is 8.63. The number of rotatable bonds is 6. The highest BCUT2D eigenvalue weighted by Crippen LogP contribution is 2.24. The number of carbonyl (C=O) groups is 3. The van der Waals surface area contributed by atoms with Crippen LogP contribution < -0.4 is 5.32 Å². The topological polar surface area (TPSA) is 130 Å². The molecule has 2 rings (SSSR count). The molecule has 1 atom stereocenters. The SMILES string of the molecule is CC(NC(=O)C1CCN(C(=O)C=Cc2cc(Cl)ccc2[N+](=O)[O-])CC1)C(=O)O. The largest absolute Gasteiger partial charge is 0.480 e. The van der Waals surface area contributed by atoms with E-state index in [0.29, 0.717) is 31.0 Å². The predicted molar refractivity (Wildman–Crippen MR) is 102 cm³/mol. The summed E-state index contributed by atoms with van der Waals surface area (Å²) in [4.78, 5) is 47.3. The average Bonchev–Trinajstić information content (AvgIpc) is 2.65. The van der Waals surface area contributed by atoms with Gasteiger partial charge in [0.05, 0.1) is 10.5 Å². The molecule has 150 valence electrons. The first-order chi connectivity index (χ1) is 13.2. The summed E-state index contributed by atoms with van der Waals surface area (Å²) in [6, 6.07) is 3.11. The van der Waals surface area contributed by atoms with E-state index in [-0.39, 0.29) is 29.0 Å². The number of benzene rings is 1.